The van der Waals surface area contributed by atoms with Crippen molar-refractivity contribution in [2.24, 2.45) is 0 Å². The summed E-state index contributed by atoms with van der Waals surface area (Å²) < 4.78 is 0.745. The van der Waals surface area contributed by atoms with Gasteiger partial charge in [-0.25, -0.2) is 0 Å². The average Bonchev–Trinajstić information content (AvgIpc) is 2.32. The maximum Gasteiger partial charge on any atom is 0.256 e. The predicted octanol–water partition coefficient (Wildman–Crippen LogP) is 4.90. The van der Waals surface area contributed by atoms with Gasteiger partial charge in [0.1, 0.15) is 0 Å². The summed E-state index contributed by atoms with van der Waals surface area (Å²) in [6, 6.07) is 8.32. The summed E-state index contributed by atoms with van der Waals surface area (Å²) >= 11 is 15.1. The molecule has 0 aromatic heterocycles. The van der Waals surface area contributed by atoms with Gasteiger partial charge in [-0.2, -0.15) is 0 Å². The highest BCUT2D eigenvalue weighted by Crippen LogP contribution is 2.26. The molecule has 3 N–H and O–H groups in total. The minimum absolute atomic E-state index is 0.270. The van der Waals surface area contributed by atoms with Gasteiger partial charge >= 0.3 is 0 Å². The number of benzene rings is 2. The van der Waals surface area contributed by atoms with Crippen LogP contribution in [-0.2, 0) is 0 Å². The quantitative estimate of drug-likeness (QED) is 0.735. The summed E-state index contributed by atoms with van der Waals surface area (Å²) in [7, 11) is 0. The van der Waals surface area contributed by atoms with E-state index in [1.165, 1.54) is 0 Å². The van der Waals surface area contributed by atoms with Gasteiger partial charge in [-0.1, -0.05) is 39.1 Å². The minimum atomic E-state index is -0.270. The first-order valence-corrected chi connectivity index (χ1v) is 7.25. The molecule has 2 rings (SSSR count). The molecule has 0 radical (unpaired) electrons. The first-order chi connectivity index (χ1) is 9.36. The van der Waals surface area contributed by atoms with Crippen molar-refractivity contribution in [2.75, 3.05) is 11.1 Å². The third-order valence-corrected chi connectivity index (χ3v) is 3.67. The molecule has 0 saturated carbocycles. The second kappa shape index (κ2) is 6.04. The molecule has 2 aromatic rings. The fourth-order valence-electron chi connectivity index (χ4n) is 1.76. The Labute approximate surface area is 135 Å². The maximum atomic E-state index is 12.3. The number of carbonyl (C=O) groups is 1. The molecule has 20 heavy (non-hydrogen) atoms. The SMILES string of the molecule is Cc1c(N)cc(Br)cc1C(=O)Nc1cc(Cl)cc(Cl)c1. The monoisotopic (exact) mass is 372 g/mol. The number of amides is 1. The largest absolute Gasteiger partial charge is 0.398 e. The van der Waals surface area contributed by atoms with Crippen molar-refractivity contribution in [3.8, 4) is 0 Å². The second-order valence-electron chi connectivity index (χ2n) is 4.28. The van der Waals surface area contributed by atoms with Crippen LogP contribution in [0, 0.1) is 6.92 Å². The van der Waals surface area contributed by atoms with E-state index in [1.807, 2.05) is 0 Å². The summed E-state index contributed by atoms with van der Waals surface area (Å²) in [6.07, 6.45) is 0. The number of rotatable bonds is 2. The average molecular weight is 374 g/mol. The Morgan fingerprint density at radius 1 is 1.15 bits per heavy atom. The molecular weight excluding hydrogens is 363 g/mol. The van der Waals surface area contributed by atoms with Gasteiger partial charge in [0.05, 0.1) is 0 Å². The van der Waals surface area contributed by atoms with Crippen molar-refractivity contribution in [3.63, 3.8) is 0 Å². The van der Waals surface area contributed by atoms with E-state index in [9.17, 15) is 4.79 Å². The van der Waals surface area contributed by atoms with Crippen LogP contribution in [0.5, 0.6) is 0 Å². The minimum Gasteiger partial charge on any atom is -0.398 e. The van der Waals surface area contributed by atoms with Crippen molar-refractivity contribution in [1.29, 1.82) is 0 Å². The Balaban J connectivity index is 2.33. The molecule has 0 saturated heterocycles. The lowest BCUT2D eigenvalue weighted by molar-refractivity contribution is 0.102. The molecule has 1 amide bonds. The molecular formula is C14H11BrCl2N2O. The summed E-state index contributed by atoms with van der Waals surface area (Å²) in [5.74, 6) is -0.270. The normalized spacial score (nSPS) is 10.4. The van der Waals surface area contributed by atoms with Crippen LogP contribution >= 0.6 is 39.1 Å². The Morgan fingerprint density at radius 3 is 2.35 bits per heavy atom. The molecule has 6 heteroatoms. The molecule has 0 aliphatic heterocycles. The molecule has 104 valence electrons. The van der Waals surface area contributed by atoms with E-state index in [4.69, 9.17) is 28.9 Å². The standard InChI is InChI=1S/C14H11BrCl2N2O/c1-7-12(2-8(15)3-13(7)18)14(20)19-11-5-9(16)4-10(17)6-11/h2-6H,18H2,1H3,(H,19,20). The van der Waals surface area contributed by atoms with Crippen LogP contribution in [0.15, 0.2) is 34.8 Å². The van der Waals surface area contributed by atoms with E-state index in [1.54, 1.807) is 37.3 Å². The van der Waals surface area contributed by atoms with Gasteiger partial charge in [0.2, 0.25) is 0 Å². The first kappa shape index (κ1) is 15.2. The fraction of sp³-hybridized carbons (Fsp3) is 0.0714. The topological polar surface area (TPSA) is 55.1 Å². The summed E-state index contributed by atoms with van der Waals surface area (Å²) in [4.78, 5) is 12.3. The predicted molar refractivity (Wildman–Crippen MR) is 87.7 cm³/mol. The van der Waals surface area contributed by atoms with Crippen LogP contribution in [-0.4, -0.2) is 5.91 Å². The van der Waals surface area contributed by atoms with Crippen LogP contribution in [0.25, 0.3) is 0 Å². The van der Waals surface area contributed by atoms with Gasteiger partial charge in [-0.15, -0.1) is 0 Å². The number of carbonyl (C=O) groups excluding carboxylic acids is 1. The Bertz CT molecular complexity index is 669. The van der Waals surface area contributed by atoms with Gasteiger partial charge in [0, 0.05) is 31.5 Å². The number of hydrogen-bond donors (Lipinski definition) is 2. The van der Waals surface area contributed by atoms with Crippen LogP contribution in [0.1, 0.15) is 15.9 Å². The highest BCUT2D eigenvalue weighted by Gasteiger charge is 2.13. The Morgan fingerprint density at radius 2 is 1.75 bits per heavy atom. The third kappa shape index (κ3) is 3.45. The number of nitrogens with one attached hydrogen (secondary N) is 1. The third-order valence-electron chi connectivity index (χ3n) is 2.78. The van der Waals surface area contributed by atoms with Gasteiger partial charge in [0.25, 0.3) is 5.91 Å². The zero-order chi connectivity index (χ0) is 14.9. The van der Waals surface area contributed by atoms with Crippen molar-refractivity contribution in [2.45, 2.75) is 6.92 Å². The van der Waals surface area contributed by atoms with Crippen LogP contribution in [0.4, 0.5) is 11.4 Å². The molecule has 2 aromatic carbocycles. The van der Waals surface area contributed by atoms with E-state index in [0.29, 0.717) is 27.0 Å². The zero-order valence-corrected chi connectivity index (χ0v) is 13.6. The Kier molecular flexibility index (Phi) is 4.58. The van der Waals surface area contributed by atoms with Gasteiger partial charge < -0.3 is 11.1 Å². The molecule has 0 aliphatic rings. The number of nitrogen functional groups attached to an aromatic ring is 1. The van der Waals surface area contributed by atoms with E-state index in [2.05, 4.69) is 21.2 Å². The molecule has 0 heterocycles. The molecule has 0 spiro atoms. The van der Waals surface area contributed by atoms with Crippen LogP contribution in [0.3, 0.4) is 0 Å². The highest BCUT2D eigenvalue weighted by molar-refractivity contribution is 9.10. The van der Waals surface area contributed by atoms with Crippen LogP contribution in [0.2, 0.25) is 10.0 Å². The van der Waals surface area contributed by atoms with Gasteiger partial charge in [0.15, 0.2) is 0 Å². The van der Waals surface area contributed by atoms with Crippen molar-refractivity contribution in [1.82, 2.24) is 0 Å². The zero-order valence-electron chi connectivity index (χ0n) is 10.5. The van der Waals surface area contributed by atoms with E-state index in [-0.39, 0.29) is 5.91 Å². The number of nitrogens with two attached hydrogens (primary N) is 1. The lowest BCUT2D eigenvalue weighted by Crippen LogP contribution is -2.14. The van der Waals surface area contributed by atoms with Gasteiger partial charge in [-0.05, 0) is 42.8 Å². The summed E-state index contributed by atoms with van der Waals surface area (Å²) in [5.41, 5.74) is 8.15. The van der Waals surface area contributed by atoms with Crippen molar-refractivity contribution < 1.29 is 4.79 Å². The number of anilines is 2. The van der Waals surface area contributed by atoms with Crippen molar-refractivity contribution >= 4 is 56.4 Å². The molecule has 0 bridgehead atoms. The van der Waals surface area contributed by atoms with E-state index < -0.39 is 0 Å². The Hall–Kier alpha value is -1.23. The lowest BCUT2D eigenvalue weighted by Gasteiger charge is -2.11. The molecule has 0 atom stereocenters. The lowest BCUT2D eigenvalue weighted by atomic mass is 10.1. The smallest absolute Gasteiger partial charge is 0.256 e. The summed E-state index contributed by atoms with van der Waals surface area (Å²) in [5, 5.41) is 3.66. The van der Waals surface area contributed by atoms with E-state index >= 15 is 0 Å². The molecule has 0 unspecified atom stereocenters. The number of halogens is 3. The molecule has 3 nitrogen and oxygen atoms in total. The maximum absolute atomic E-state index is 12.3. The van der Waals surface area contributed by atoms with Crippen LogP contribution < -0.4 is 11.1 Å². The van der Waals surface area contributed by atoms with Crippen molar-refractivity contribution in [3.05, 3.63) is 56.0 Å². The molecule has 0 aliphatic carbocycles. The van der Waals surface area contributed by atoms with E-state index in [0.717, 1.165) is 10.0 Å². The fourth-order valence-corrected chi connectivity index (χ4v) is 2.76. The molecule has 0 fully saturated rings. The second-order valence-corrected chi connectivity index (χ2v) is 6.07. The summed E-state index contributed by atoms with van der Waals surface area (Å²) in [6.45, 7) is 1.79. The number of hydrogen-bond acceptors (Lipinski definition) is 2. The van der Waals surface area contributed by atoms with Gasteiger partial charge in [-0.3, -0.25) is 4.79 Å². The highest BCUT2D eigenvalue weighted by atomic mass is 79.9. The first-order valence-electron chi connectivity index (χ1n) is 5.70.